The van der Waals surface area contributed by atoms with Gasteiger partial charge in [0.25, 0.3) is 0 Å². The number of amides is 1. The number of anilines is 1. The van der Waals surface area contributed by atoms with E-state index in [0.717, 1.165) is 12.0 Å². The molecule has 0 saturated carbocycles. The molecule has 4 rings (SSSR count). The molecule has 0 saturated heterocycles. The summed E-state index contributed by atoms with van der Waals surface area (Å²) < 4.78 is 33.5. The van der Waals surface area contributed by atoms with Crippen LogP contribution in [0.2, 0.25) is 0 Å². The summed E-state index contributed by atoms with van der Waals surface area (Å²) in [6.45, 7) is 1.78. The Labute approximate surface area is 197 Å². The van der Waals surface area contributed by atoms with Crippen molar-refractivity contribution in [2.75, 3.05) is 12.4 Å². The van der Waals surface area contributed by atoms with Crippen molar-refractivity contribution >= 4 is 32.3 Å². The van der Waals surface area contributed by atoms with Crippen molar-refractivity contribution in [2.24, 2.45) is 0 Å². The number of aromatic nitrogens is 1. The van der Waals surface area contributed by atoms with Crippen molar-refractivity contribution in [1.29, 1.82) is 0 Å². The molecule has 1 heterocycles. The molecule has 0 bridgehead atoms. The number of aryl methyl sites for hydroxylation is 1. The average Bonchev–Trinajstić information content (AvgIpc) is 2.86. The number of rotatable bonds is 7. The largest absolute Gasteiger partial charge is 0.495 e. The van der Waals surface area contributed by atoms with Crippen LogP contribution in [0.15, 0.2) is 93.6 Å². The molecule has 0 aliphatic carbocycles. The lowest BCUT2D eigenvalue weighted by Gasteiger charge is -2.15. The van der Waals surface area contributed by atoms with Crippen molar-refractivity contribution in [3.63, 3.8) is 0 Å². The Balaban J connectivity index is 1.78. The van der Waals surface area contributed by atoms with E-state index in [2.05, 4.69) is 5.32 Å². The average molecular weight is 477 g/mol. The van der Waals surface area contributed by atoms with Gasteiger partial charge in [-0.3, -0.25) is 9.59 Å². The Morgan fingerprint density at radius 3 is 2.35 bits per heavy atom. The number of pyridine rings is 1. The van der Waals surface area contributed by atoms with E-state index < -0.39 is 21.2 Å². The van der Waals surface area contributed by atoms with Crippen molar-refractivity contribution in [2.45, 2.75) is 29.7 Å². The molecule has 0 fully saturated rings. The highest BCUT2D eigenvalue weighted by Crippen LogP contribution is 2.24. The molecule has 1 amide bonds. The third-order valence-electron chi connectivity index (χ3n) is 5.58. The van der Waals surface area contributed by atoms with Gasteiger partial charge < -0.3 is 14.6 Å². The summed E-state index contributed by atoms with van der Waals surface area (Å²) >= 11 is 0. The van der Waals surface area contributed by atoms with Crippen LogP contribution in [0.1, 0.15) is 12.5 Å². The molecule has 8 heteroatoms. The van der Waals surface area contributed by atoms with Crippen LogP contribution in [0.4, 0.5) is 5.69 Å². The van der Waals surface area contributed by atoms with E-state index in [1.807, 2.05) is 6.92 Å². The summed E-state index contributed by atoms with van der Waals surface area (Å²) in [7, 11) is -2.59. The van der Waals surface area contributed by atoms with Gasteiger partial charge in [-0.2, -0.15) is 0 Å². The molecular formula is C26H24N2O5S. The number of hydrogen-bond donors (Lipinski definition) is 1. The number of methoxy groups -OCH3 is 1. The SMILES string of the molecule is CCc1ccc(S(=O)(=O)c2cn(CC(=O)Nc3ccccc3OC)c3ccccc3c2=O)cc1. The first-order chi connectivity index (χ1) is 16.3. The molecule has 1 aromatic heterocycles. The maximum absolute atomic E-state index is 13.4. The Morgan fingerprint density at radius 2 is 1.65 bits per heavy atom. The number of fused-ring (bicyclic) bond motifs is 1. The van der Waals surface area contributed by atoms with Gasteiger partial charge in [-0.15, -0.1) is 0 Å². The second kappa shape index (κ2) is 9.52. The van der Waals surface area contributed by atoms with Gasteiger partial charge in [0, 0.05) is 11.6 Å². The molecule has 0 unspecified atom stereocenters. The van der Waals surface area contributed by atoms with Gasteiger partial charge in [0.2, 0.25) is 21.2 Å². The Kier molecular flexibility index (Phi) is 6.51. The van der Waals surface area contributed by atoms with Crippen LogP contribution in [0.3, 0.4) is 0 Å². The van der Waals surface area contributed by atoms with E-state index in [-0.39, 0.29) is 21.7 Å². The zero-order valence-electron chi connectivity index (χ0n) is 18.8. The van der Waals surface area contributed by atoms with Gasteiger partial charge in [0.1, 0.15) is 17.2 Å². The van der Waals surface area contributed by atoms with Gasteiger partial charge in [0.05, 0.1) is 23.2 Å². The number of sulfone groups is 1. The molecule has 1 N–H and O–H groups in total. The highest BCUT2D eigenvalue weighted by atomic mass is 32.2. The topological polar surface area (TPSA) is 94.5 Å². The van der Waals surface area contributed by atoms with Crippen molar-refractivity contribution in [3.8, 4) is 5.75 Å². The zero-order valence-corrected chi connectivity index (χ0v) is 19.6. The quantitative estimate of drug-likeness (QED) is 0.434. The van der Waals surface area contributed by atoms with E-state index in [4.69, 9.17) is 4.74 Å². The predicted octanol–water partition coefficient (Wildman–Crippen LogP) is 4.04. The minimum atomic E-state index is -4.10. The molecule has 4 aromatic rings. The first-order valence-electron chi connectivity index (χ1n) is 10.7. The molecule has 34 heavy (non-hydrogen) atoms. The molecule has 7 nitrogen and oxygen atoms in total. The second-order valence-electron chi connectivity index (χ2n) is 7.72. The number of para-hydroxylation sites is 3. The zero-order chi connectivity index (χ0) is 24.3. The summed E-state index contributed by atoms with van der Waals surface area (Å²) in [5, 5.41) is 3.00. The lowest BCUT2D eigenvalue weighted by atomic mass is 10.2. The highest BCUT2D eigenvalue weighted by molar-refractivity contribution is 7.91. The van der Waals surface area contributed by atoms with Gasteiger partial charge in [-0.05, 0) is 48.4 Å². The summed E-state index contributed by atoms with van der Waals surface area (Å²) in [5.41, 5.74) is 1.34. The molecular weight excluding hydrogens is 452 g/mol. The van der Waals surface area contributed by atoms with Crippen molar-refractivity contribution in [1.82, 2.24) is 4.57 Å². The molecule has 0 radical (unpaired) electrons. The minimum Gasteiger partial charge on any atom is -0.495 e. The van der Waals surface area contributed by atoms with E-state index in [1.165, 1.54) is 30.0 Å². The van der Waals surface area contributed by atoms with E-state index >= 15 is 0 Å². The summed E-state index contributed by atoms with van der Waals surface area (Å²) in [5.74, 6) is 0.105. The second-order valence-corrected chi connectivity index (χ2v) is 9.64. The fourth-order valence-electron chi connectivity index (χ4n) is 3.76. The molecule has 0 spiro atoms. The number of nitrogens with one attached hydrogen (secondary N) is 1. The molecule has 0 aliphatic rings. The van der Waals surface area contributed by atoms with Crippen LogP contribution in [0, 0.1) is 0 Å². The summed E-state index contributed by atoms with van der Waals surface area (Å²) in [6, 6.07) is 20.1. The van der Waals surface area contributed by atoms with E-state index in [9.17, 15) is 18.0 Å². The van der Waals surface area contributed by atoms with Crippen LogP contribution >= 0.6 is 0 Å². The van der Waals surface area contributed by atoms with Crippen LogP contribution in [0.25, 0.3) is 10.9 Å². The van der Waals surface area contributed by atoms with Crippen molar-refractivity contribution in [3.05, 3.63) is 94.8 Å². The standard InChI is InChI=1S/C26H24N2O5S/c1-3-18-12-14-19(15-13-18)34(31,32)24-16-28(22-10-6-4-8-20(22)26(24)30)17-25(29)27-21-9-5-7-11-23(21)33-2/h4-16H,3,17H2,1-2H3,(H,27,29). The molecule has 0 atom stereocenters. The number of nitrogens with zero attached hydrogens (tertiary/aromatic N) is 1. The molecule has 3 aromatic carbocycles. The lowest BCUT2D eigenvalue weighted by Crippen LogP contribution is -2.24. The number of benzene rings is 3. The molecule has 174 valence electrons. The lowest BCUT2D eigenvalue weighted by molar-refractivity contribution is -0.116. The monoisotopic (exact) mass is 476 g/mol. The minimum absolute atomic E-state index is 0.0297. The van der Waals surface area contributed by atoms with Crippen LogP contribution < -0.4 is 15.5 Å². The first-order valence-corrected chi connectivity index (χ1v) is 12.2. The predicted molar refractivity (Wildman–Crippen MR) is 131 cm³/mol. The van der Waals surface area contributed by atoms with Gasteiger partial charge >= 0.3 is 0 Å². The number of hydrogen-bond acceptors (Lipinski definition) is 5. The van der Waals surface area contributed by atoms with Gasteiger partial charge in [-0.25, -0.2) is 8.42 Å². The van der Waals surface area contributed by atoms with Crippen LogP contribution in [-0.4, -0.2) is 26.0 Å². The fourth-order valence-corrected chi connectivity index (χ4v) is 5.13. The number of ether oxygens (including phenoxy) is 1. The Morgan fingerprint density at radius 1 is 0.971 bits per heavy atom. The highest BCUT2D eigenvalue weighted by Gasteiger charge is 2.24. The fraction of sp³-hybridized carbons (Fsp3) is 0.154. The Bertz CT molecular complexity index is 1520. The molecule has 0 aliphatic heterocycles. The summed E-state index contributed by atoms with van der Waals surface area (Å²) in [4.78, 5) is 25.7. The van der Waals surface area contributed by atoms with Crippen LogP contribution in [0.5, 0.6) is 5.75 Å². The van der Waals surface area contributed by atoms with Crippen molar-refractivity contribution < 1.29 is 17.9 Å². The third-order valence-corrected chi connectivity index (χ3v) is 7.34. The summed E-state index contributed by atoms with van der Waals surface area (Å²) in [6.07, 6.45) is 2.01. The van der Waals surface area contributed by atoms with Crippen LogP contribution in [-0.2, 0) is 27.6 Å². The normalized spacial score (nSPS) is 11.4. The maximum Gasteiger partial charge on any atom is 0.244 e. The number of carbonyl (C=O) groups is 1. The van der Waals surface area contributed by atoms with E-state index in [0.29, 0.717) is 17.0 Å². The van der Waals surface area contributed by atoms with Gasteiger partial charge in [0.15, 0.2) is 0 Å². The van der Waals surface area contributed by atoms with Gasteiger partial charge in [-0.1, -0.05) is 43.3 Å². The van der Waals surface area contributed by atoms with E-state index in [1.54, 1.807) is 60.7 Å². The third kappa shape index (κ3) is 4.45. The smallest absolute Gasteiger partial charge is 0.244 e. The first kappa shape index (κ1) is 23.3. The Hall–Kier alpha value is -3.91. The maximum atomic E-state index is 13.4. The number of carbonyl (C=O) groups excluding carboxylic acids is 1.